The molecule has 0 amide bonds. The van der Waals surface area contributed by atoms with Gasteiger partial charge in [0.15, 0.2) is 0 Å². The first kappa shape index (κ1) is 13.1. The average molecular weight is 223 g/mol. The highest BCUT2D eigenvalue weighted by atomic mass is 16.5. The van der Waals surface area contributed by atoms with E-state index in [4.69, 9.17) is 4.74 Å². The van der Waals surface area contributed by atoms with Gasteiger partial charge in [0.1, 0.15) is 5.82 Å². The second kappa shape index (κ2) is 8.19. The summed E-state index contributed by atoms with van der Waals surface area (Å²) < 4.78 is 5.28. The van der Waals surface area contributed by atoms with E-state index in [0.717, 1.165) is 44.1 Å². The lowest BCUT2D eigenvalue weighted by Crippen LogP contribution is -2.15. The predicted molar refractivity (Wildman–Crippen MR) is 64.2 cm³/mol. The second-order valence-corrected chi connectivity index (χ2v) is 3.59. The fourth-order valence-electron chi connectivity index (χ4n) is 1.36. The molecule has 1 heterocycles. The molecule has 0 aliphatic rings. The highest BCUT2D eigenvalue weighted by Gasteiger charge is 1.99. The van der Waals surface area contributed by atoms with Crippen molar-refractivity contribution in [1.82, 2.24) is 15.3 Å². The summed E-state index contributed by atoms with van der Waals surface area (Å²) in [5, 5.41) is 3.32. The Labute approximate surface area is 97.5 Å². The molecule has 0 saturated carbocycles. The van der Waals surface area contributed by atoms with E-state index in [1.807, 2.05) is 19.2 Å². The molecule has 0 aliphatic heterocycles. The lowest BCUT2D eigenvalue weighted by atomic mass is 10.3. The van der Waals surface area contributed by atoms with Crippen molar-refractivity contribution < 1.29 is 4.74 Å². The topological polar surface area (TPSA) is 47.0 Å². The van der Waals surface area contributed by atoms with Gasteiger partial charge in [-0.3, -0.25) is 0 Å². The Kier molecular flexibility index (Phi) is 6.69. The molecule has 0 unspecified atom stereocenters. The van der Waals surface area contributed by atoms with Gasteiger partial charge in [-0.15, -0.1) is 0 Å². The molecular weight excluding hydrogens is 202 g/mol. The smallest absolute Gasteiger partial charge is 0.130 e. The van der Waals surface area contributed by atoms with Crippen LogP contribution < -0.4 is 5.32 Å². The van der Waals surface area contributed by atoms with Crippen molar-refractivity contribution in [2.24, 2.45) is 0 Å². The summed E-state index contributed by atoms with van der Waals surface area (Å²) in [5.74, 6) is 0.865. The van der Waals surface area contributed by atoms with E-state index in [-0.39, 0.29) is 0 Å². The molecule has 0 fully saturated rings. The molecule has 0 radical (unpaired) electrons. The van der Waals surface area contributed by atoms with Crippen LogP contribution in [-0.4, -0.2) is 29.7 Å². The van der Waals surface area contributed by atoms with Crippen LogP contribution in [0.4, 0.5) is 0 Å². The van der Waals surface area contributed by atoms with Crippen LogP contribution in [0.2, 0.25) is 0 Å². The van der Waals surface area contributed by atoms with Gasteiger partial charge in [-0.05, 0) is 26.0 Å². The van der Waals surface area contributed by atoms with Gasteiger partial charge in [-0.25, -0.2) is 9.97 Å². The van der Waals surface area contributed by atoms with E-state index in [1.165, 1.54) is 0 Å². The summed E-state index contributed by atoms with van der Waals surface area (Å²) in [6.45, 7) is 7.43. The number of nitrogens with zero attached hydrogens (tertiary/aromatic N) is 2. The first-order valence-electron chi connectivity index (χ1n) is 5.96. The van der Waals surface area contributed by atoms with Gasteiger partial charge >= 0.3 is 0 Å². The van der Waals surface area contributed by atoms with Crippen LogP contribution in [0.3, 0.4) is 0 Å². The van der Waals surface area contributed by atoms with Gasteiger partial charge in [-0.1, -0.05) is 6.92 Å². The van der Waals surface area contributed by atoms with Gasteiger partial charge in [0.2, 0.25) is 0 Å². The maximum Gasteiger partial charge on any atom is 0.130 e. The normalized spacial score (nSPS) is 10.6. The van der Waals surface area contributed by atoms with Gasteiger partial charge < -0.3 is 10.1 Å². The van der Waals surface area contributed by atoms with Crippen LogP contribution in [0.25, 0.3) is 0 Å². The predicted octanol–water partition coefficient (Wildman–Crippen LogP) is 1.56. The van der Waals surface area contributed by atoms with Crippen LogP contribution >= 0.6 is 0 Å². The van der Waals surface area contributed by atoms with Crippen molar-refractivity contribution in [3.05, 3.63) is 23.8 Å². The third-order valence-electron chi connectivity index (χ3n) is 2.17. The number of hydrogen-bond donors (Lipinski definition) is 1. The van der Waals surface area contributed by atoms with Gasteiger partial charge in [-0.2, -0.15) is 0 Å². The van der Waals surface area contributed by atoms with E-state index in [0.29, 0.717) is 6.61 Å². The van der Waals surface area contributed by atoms with Crippen molar-refractivity contribution in [3.63, 3.8) is 0 Å². The summed E-state index contributed by atoms with van der Waals surface area (Å²) in [5.41, 5.74) is 1.05. The van der Waals surface area contributed by atoms with Gasteiger partial charge in [0.05, 0.1) is 12.3 Å². The van der Waals surface area contributed by atoms with Crippen molar-refractivity contribution in [2.75, 3.05) is 19.8 Å². The summed E-state index contributed by atoms with van der Waals surface area (Å²) in [4.78, 5) is 8.68. The number of nitrogens with one attached hydrogen (secondary N) is 1. The maximum absolute atomic E-state index is 5.28. The Bertz CT molecular complexity index is 266. The molecule has 0 saturated heterocycles. The summed E-state index contributed by atoms with van der Waals surface area (Å²) in [7, 11) is 0. The van der Waals surface area contributed by atoms with E-state index in [9.17, 15) is 0 Å². The SMILES string of the molecule is CCCNCc1ccnc(CCOCC)n1. The highest BCUT2D eigenvalue weighted by Crippen LogP contribution is 1.97. The third-order valence-corrected chi connectivity index (χ3v) is 2.17. The zero-order valence-corrected chi connectivity index (χ0v) is 10.2. The zero-order valence-electron chi connectivity index (χ0n) is 10.2. The molecule has 16 heavy (non-hydrogen) atoms. The van der Waals surface area contributed by atoms with E-state index >= 15 is 0 Å². The molecule has 0 aromatic carbocycles. The van der Waals surface area contributed by atoms with Crippen molar-refractivity contribution in [1.29, 1.82) is 0 Å². The molecule has 1 aromatic rings. The summed E-state index contributed by atoms with van der Waals surface area (Å²) >= 11 is 0. The van der Waals surface area contributed by atoms with E-state index in [1.54, 1.807) is 0 Å². The largest absolute Gasteiger partial charge is 0.381 e. The minimum absolute atomic E-state index is 0.697. The molecule has 0 atom stereocenters. The molecule has 0 spiro atoms. The second-order valence-electron chi connectivity index (χ2n) is 3.59. The Morgan fingerprint density at radius 2 is 2.25 bits per heavy atom. The quantitative estimate of drug-likeness (QED) is 0.679. The Morgan fingerprint density at radius 1 is 1.38 bits per heavy atom. The highest BCUT2D eigenvalue weighted by molar-refractivity contribution is 5.02. The van der Waals surface area contributed by atoms with Crippen LogP contribution in [0, 0.1) is 0 Å². The van der Waals surface area contributed by atoms with Crippen LogP contribution in [0.5, 0.6) is 0 Å². The van der Waals surface area contributed by atoms with Crippen molar-refractivity contribution >= 4 is 0 Å². The lowest BCUT2D eigenvalue weighted by Gasteiger charge is -2.05. The molecule has 1 N–H and O–H groups in total. The maximum atomic E-state index is 5.28. The monoisotopic (exact) mass is 223 g/mol. The van der Waals surface area contributed by atoms with Gasteiger partial charge in [0, 0.05) is 25.8 Å². The molecule has 4 nitrogen and oxygen atoms in total. The molecule has 0 aliphatic carbocycles. The summed E-state index contributed by atoms with van der Waals surface area (Å²) in [6, 6.07) is 1.95. The zero-order chi connectivity index (χ0) is 11.6. The molecule has 1 aromatic heterocycles. The Morgan fingerprint density at radius 3 is 3.00 bits per heavy atom. The van der Waals surface area contributed by atoms with Crippen LogP contribution in [0.1, 0.15) is 31.8 Å². The number of rotatable bonds is 8. The first-order chi connectivity index (χ1) is 7.86. The first-order valence-corrected chi connectivity index (χ1v) is 5.96. The molecule has 4 heteroatoms. The van der Waals surface area contributed by atoms with E-state index in [2.05, 4.69) is 22.2 Å². The number of hydrogen-bond acceptors (Lipinski definition) is 4. The van der Waals surface area contributed by atoms with Gasteiger partial charge in [0.25, 0.3) is 0 Å². The molecular formula is C12H21N3O. The number of aromatic nitrogens is 2. The average Bonchev–Trinajstić information content (AvgIpc) is 2.30. The molecule has 90 valence electrons. The minimum Gasteiger partial charge on any atom is -0.381 e. The van der Waals surface area contributed by atoms with Crippen molar-refractivity contribution in [2.45, 2.75) is 33.2 Å². The van der Waals surface area contributed by atoms with Crippen molar-refractivity contribution in [3.8, 4) is 0 Å². The minimum atomic E-state index is 0.697. The Balaban J connectivity index is 2.37. The van der Waals surface area contributed by atoms with Crippen LogP contribution in [-0.2, 0) is 17.7 Å². The summed E-state index contributed by atoms with van der Waals surface area (Å²) in [6.07, 6.45) is 3.75. The van der Waals surface area contributed by atoms with E-state index < -0.39 is 0 Å². The third kappa shape index (κ3) is 5.19. The standard InChI is InChI=1S/C12H21N3O/c1-3-7-13-10-11-5-8-14-12(15-11)6-9-16-4-2/h5,8,13H,3-4,6-7,9-10H2,1-2H3. The number of ether oxygens (including phenoxy) is 1. The molecule has 0 bridgehead atoms. The van der Waals surface area contributed by atoms with Crippen LogP contribution in [0.15, 0.2) is 12.3 Å². The molecule has 1 rings (SSSR count). The fraction of sp³-hybridized carbons (Fsp3) is 0.667. The lowest BCUT2D eigenvalue weighted by molar-refractivity contribution is 0.149. The fourth-order valence-corrected chi connectivity index (χ4v) is 1.36. The Hall–Kier alpha value is -1.00.